The minimum Gasteiger partial charge on any atom is -0.403 e. The Morgan fingerprint density at radius 3 is 2.25 bits per heavy atom. The van der Waals surface area contributed by atoms with Crippen molar-refractivity contribution in [3.05, 3.63) is 53.0 Å². The Labute approximate surface area is 147 Å². The van der Waals surface area contributed by atoms with Crippen LogP contribution in [0.5, 0.6) is 0 Å². The molecule has 0 N–H and O–H groups in total. The van der Waals surface area contributed by atoms with E-state index in [0.717, 1.165) is 18.4 Å². The van der Waals surface area contributed by atoms with Crippen molar-refractivity contribution in [2.24, 2.45) is 0 Å². The fraction of sp³-hybridized carbons (Fsp3) is 0.526. The highest BCUT2D eigenvalue weighted by atomic mass is 31.2. The molecule has 0 unspecified atom stereocenters. The third-order valence-electron chi connectivity index (χ3n) is 2.86. The van der Waals surface area contributed by atoms with E-state index in [4.69, 9.17) is 13.6 Å². The summed E-state index contributed by atoms with van der Waals surface area (Å²) in [5, 5.41) is 0. The molecule has 5 heteroatoms. The number of rotatable bonds is 11. The zero-order valence-electron chi connectivity index (χ0n) is 15.8. The van der Waals surface area contributed by atoms with Crippen LogP contribution in [-0.4, -0.2) is 13.2 Å². The maximum Gasteiger partial charge on any atom is 0.530 e. The van der Waals surface area contributed by atoms with Gasteiger partial charge in [-0.25, -0.2) is 4.57 Å². The number of phosphoric acid groups is 1. The molecule has 0 aliphatic heterocycles. The Hall–Kier alpha value is -1.31. The van der Waals surface area contributed by atoms with Crippen molar-refractivity contribution in [2.75, 3.05) is 13.2 Å². The molecule has 0 amide bonds. The van der Waals surface area contributed by atoms with Crippen molar-refractivity contribution in [1.29, 1.82) is 0 Å². The number of hydrogen-bond acceptors (Lipinski definition) is 4. The normalized spacial score (nSPS) is 12.0. The molecule has 0 fully saturated rings. The van der Waals surface area contributed by atoms with E-state index in [-0.39, 0.29) is 13.2 Å². The molecule has 4 nitrogen and oxygen atoms in total. The van der Waals surface area contributed by atoms with Crippen molar-refractivity contribution in [3.8, 4) is 0 Å². The summed E-state index contributed by atoms with van der Waals surface area (Å²) < 4.78 is 27.2. The van der Waals surface area contributed by atoms with E-state index >= 15 is 0 Å². The first-order valence-corrected chi connectivity index (χ1v) is 9.75. The molecule has 0 spiro atoms. The van der Waals surface area contributed by atoms with E-state index in [1.54, 1.807) is 13.8 Å². The fourth-order valence-electron chi connectivity index (χ4n) is 1.67. The lowest BCUT2D eigenvalue weighted by Crippen LogP contribution is -1.96. The molecule has 0 radical (unpaired) electrons. The lowest BCUT2D eigenvalue weighted by molar-refractivity contribution is 0.154. The van der Waals surface area contributed by atoms with Gasteiger partial charge < -0.3 is 4.52 Å². The third kappa shape index (κ3) is 12.2. The van der Waals surface area contributed by atoms with Crippen LogP contribution in [0, 0.1) is 0 Å². The molecule has 0 aromatic carbocycles. The first-order valence-electron chi connectivity index (χ1n) is 8.29. The second-order valence-corrected chi connectivity index (χ2v) is 7.15. The maximum absolute atomic E-state index is 12.1. The van der Waals surface area contributed by atoms with Gasteiger partial charge in [0.15, 0.2) is 0 Å². The van der Waals surface area contributed by atoms with Gasteiger partial charge in [0.25, 0.3) is 0 Å². The number of phosphoric ester groups is 1. The quantitative estimate of drug-likeness (QED) is 0.140. The maximum atomic E-state index is 12.1. The second-order valence-electron chi connectivity index (χ2n) is 5.53. The Morgan fingerprint density at radius 2 is 1.71 bits per heavy atom. The van der Waals surface area contributed by atoms with Crippen molar-refractivity contribution in [3.63, 3.8) is 0 Å². The summed E-state index contributed by atoms with van der Waals surface area (Å²) in [5.41, 5.74) is 6.41. The van der Waals surface area contributed by atoms with Crippen LogP contribution in [0.2, 0.25) is 0 Å². The average molecular weight is 354 g/mol. The van der Waals surface area contributed by atoms with Gasteiger partial charge in [-0.05, 0) is 60.0 Å². The molecule has 0 bridgehead atoms. The minimum atomic E-state index is -3.51. The Morgan fingerprint density at radius 1 is 1.08 bits per heavy atom. The van der Waals surface area contributed by atoms with Crippen molar-refractivity contribution >= 4 is 7.82 Å². The topological polar surface area (TPSA) is 44.8 Å². The van der Waals surface area contributed by atoms with E-state index in [0.29, 0.717) is 0 Å². The molecular formula is C19H31O4P. The van der Waals surface area contributed by atoms with Crippen molar-refractivity contribution in [2.45, 2.75) is 54.4 Å². The van der Waals surface area contributed by atoms with Crippen LogP contribution in [-0.2, 0) is 18.1 Å². The first kappa shape index (κ1) is 22.7. The van der Waals surface area contributed by atoms with Crippen LogP contribution < -0.4 is 0 Å². The molecule has 0 heterocycles. The molecule has 0 aliphatic rings. The molecule has 0 aliphatic carbocycles. The summed E-state index contributed by atoms with van der Waals surface area (Å²) in [7, 11) is -3.51. The predicted molar refractivity (Wildman–Crippen MR) is 101 cm³/mol. The highest BCUT2D eigenvalue weighted by molar-refractivity contribution is 7.48. The van der Waals surface area contributed by atoms with Crippen molar-refractivity contribution < 1.29 is 18.1 Å². The summed E-state index contributed by atoms with van der Waals surface area (Å²) >= 11 is 0. The van der Waals surface area contributed by atoms with E-state index in [1.807, 2.05) is 19.1 Å². The van der Waals surface area contributed by atoms with Gasteiger partial charge in [-0.1, -0.05) is 41.2 Å². The average Bonchev–Trinajstić information content (AvgIpc) is 2.47. The second kappa shape index (κ2) is 13.0. The number of hydrogen-bond donors (Lipinski definition) is 0. The lowest BCUT2D eigenvalue weighted by atomic mass is 10.1. The van der Waals surface area contributed by atoms with Crippen LogP contribution >= 0.6 is 7.82 Å². The highest BCUT2D eigenvalue weighted by Crippen LogP contribution is 2.49. The molecule has 0 saturated heterocycles. The van der Waals surface area contributed by atoms with Gasteiger partial charge in [0.1, 0.15) is 6.26 Å². The summed E-state index contributed by atoms with van der Waals surface area (Å²) in [4.78, 5) is 0. The van der Waals surface area contributed by atoms with Gasteiger partial charge in [0, 0.05) is 0 Å². The van der Waals surface area contributed by atoms with Gasteiger partial charge in [0.2, 0.25) is 0 Å². The fourth-order valence-corrected chi connectivity index (χ4v) is 2.69. The molecular weight excluding hydrogens is 323 g/mol. The minimum absolute atomic E-state index is 0.254. The predicted octanol–water partition coefficient (Wildman–Crippen LogP) is 6.49. The molecule has 0 saturated carbocycles. The zero-order valence-corrected chi connectivity index (χ0v) is 16.7. The first-order chi connectivity index (χ1) is 11.3. The van der Waals surface area contributed by atoms with Gasteiger partial charge in [-0.2, -0.15) is 0 Å². The van der Waals surface area contributed by atoms with Crippen LogP contribution in [0.3, 0.4) is 0 Å². The highest BCUT2D eigenvalue weighted by Gasteiger charge is 2.24. The summed E-state index contributed by atoms with van der Waals surface area (Å²) in [6.07, 6.45) is 11.5. The summed E-state index contributed by atoms with van der Waals surface area (Å²) in [5.74, 6) is 0. The molecule has 24 heavy (non-hydrogen) atoms. The molecule has 0 rings (SSSR count). The van der Waals surface area contributed by atoms with Crippen molar-refractivity contribution in [1.82, 2.24) is 0 Å². The molecule has 0 atom stereocenters. The SMILES string of the molecule is CCOP(=O)(OC=C=C(C)C=CC=C(C)CCC=C(C)C)OCC. The van der Waals surface area contributed by atoms with Crippen LogP contribution in [0.1, 0.15) is 54.4 Å². The molecule has 136 valence electrons. The Bertz CT molecular complexity index is 550. The standard InChI is InChI=1S/C19H31O4P/c1-7-21-24(20,22-8-2)23-16-15-19(6)14-10-13-18(5)12-9-11-17(3)4/h10-11,13-14,16H,7-9,12H2,1-6H3. The van der Waals surface area contributed by atoms with Crippen LogP contribution in [0.25, 0.3) is 0 Å². The van der Waals surface area contributed by atoms with E-state index in [9.17, 15) is 4.57 Å². The van der Waals surface area contributed by atoms with Gasteiger partial charge in [-0.15, -0.1) is 0 Å². The smallest absolute Gasteiger partial charge is 0.403 e. The van der Waals surface area contributed by atoms with Gasteiger partial charge in [-0.3, -0.25) is 9.05 Å². The monoisotopic (exact) mass is 354 g/mol. The van der Waals surface area contributed by atoms with E-state index in [1.165, 1.54) is 17.4 Å². The zero-order chi connectivity index (χ0) is 18.4. The third-order valence-corrected chi connectivity index (χ3v) is 4.37. The number of allylic oxidation sites excluding steroid dienone is 7. The van der Waals surface area contributed by atoms with Gasteiger partial charge in [0.05, 0.1) is 13.2 Å². The van der Waals surface area contributed by atoms with E-state index in [2.05, 4.69) is 38.7 Å². The lowest BCUT2D eigenvalue weighted by Gasteiger charge is -2.13. The summed E-state index contributed by atoms with van der Waals surface area (Å²) in [6.45, 7) is 12.2. The molecule has 0 aromatic rings. The Balaban J connectivity index is 4.61. The Kier molecular flexibility index (Phi) is 12.3. The van der Waals surface area contributed by atoms with Crippen LogP contribution in [0.4, 0.5) is 0 Å². The van der Waals surface area contributed by atoms with Crippen LogP contribution in [0.15, 0.2) is 53.0 Å². The molecule has 0 aromatic heterocycles. The summed E-state index contributed by atoms with van der Waals surface area (Å²) in [6, 6.07) is 0. The van der Waals surface area contributed by atoms with E-state index < -0.39 is 7.82 Å². The van der Waals surface area contributed by atoms with Gasteiger partial charge >= 0.3 is 7.82 Å². The largest absolute Gasteiger partial charge is 0.530 e.